The summed E-state index contributed by atoms with van der Waals surface area (Å²) < 4.78 is 0. The summed E-state index contributed by atoms with van der Waals surface area (Å²) in [6.07, 6.45) is 4.40. The van der Waals surface area contributed by atoms with Crippen LogP contribution in [0.1, 0.15) is 6.92 Å². The van der Waals surface area contributed by atoms with Gasteiger partial charge in [0.2, 0.25) is 5.91 Å². The Labute approximate surface area is 70.0 Å². The van der Waals surface area contributed by atoms with Crippen molar-refractivity contribution >= 4 is 11.6 Å². The normalized spacial score (nSPS) is 12.2. The minimum absolute atomic E-state index is 0.246. The highest BCUT2D eigenvalue weighted by molar-refractivity contribution is 5.93. The molecule has 1 amide bonds. The van der Waals surface area contributed by atoms with Gasteiger partial charge in [0.25, 0.3) is 0 Å². The van der Waals surface area contributed by atoms with Gasteiger partial charge in [0.15, 0.2) is 0 Å². The molecule has 0 aliphatic rings. The van der Waals surface area contributed by atoms with Crippen LogP contribution >= 0.6 is 0 Å². The van der Waals surface area contributed by atoms with Crippen molar-refractivity contribution in [3.05, 3.63) is 18.7 Å². The van der Waals surface area contributed by atoms with Crippen LogP contribution in [-0.4, -0.2) is 21.9 Å². The Bertz CT molecular complexity index is 259. The molecule has 1 aromatic rings. The van der Waals surface area contributed by atoms with Crippen molar-refractivity contribution in [1.29, 1.82) is 0 Å². The van der Waals surface area contributed by atoms with Gasteiger partial charge >= 0.3 is 0 Å². The molecule has 5 heteroatoms. The van der Waals surface area contributed by atoms with Crippen LogP contribution in [0.2, 0.25) is 0 Å². The van der Waals surface area contributed by atoms with Gasteiger partial charge < -0.3 is 11.1 Å². The van der Waals surface area contributed by atoms with E-state index in [-0.39, 0.29) is 5.91 Å². The molecule has 64 valence electrons. The number of rotatable bonds is 2. The van der Waals surface area contributed by atoms with Crippen molar-refractivity contribution in [3.63, 3.8) is 0 Å². The van der Waals surface area contributed by atoms with Gasteiger partial charge in [-0.2, -0.15) is 0 Å². The molecular formula is C7H10N4O. The summed E-state index contributed by atoms with van der Waals surface area (Å²) in [6, 6.07) is -0.523. The van der Waals surface area contributed by atoms with E-state index in [0.717, 1.165) is 0 Å². The fraction of sp³-hybridized carbons (Fsp3) is 0.286. The van der Waals surface area contributed by atoms with E-state index in [1.165, 1.54) is 18.7 Å². The van der Waals surface area contributed by atoms with Crippen LogP contribution in [-0.2, 0) is 4.79 Å². The van der Waals surface area contributed by atoms with Crippen LogP contribution in [0, 0.1) is 0 Å². The topological polar surface area (TPSA) is 80.9 Å². The zero-order chi connectivity index (χ0) is 8.97. The second kappa shape index (κ2) is 3.77. The molecule has 0 bridgehead atoms. The van der Waals surface area contributed by atoms with Crippen LogP contribution < -0.4 is 11.1 Å². The molecule has 0 unspecified atom stereocenters. The first-order valence-electron chi connectivity index (χ1n) is 3.51. The standard InChI is InChI=1S/C7H10N4O/c1-5(8)7(12)11-6-2-9-4-10-3-6/h2-5H,8H2,1H3,(H,11,12)/t5-/m1/s1. The first-order chi connectivity index (χ1) is 5.70. The SMILES string of the molecule is C[C@@H](N)C(=O)Nc1cncnc1. The largest absolute Gasteiger partial charge is 0.322 e. The third-order valence-corrected chi connectivity index (χ3v) is 1.24. The summed E-state index contributed by atoms with van der Waals surface area (Å²) in [4.78, 5) is 18.5. The van der Waals surface area contributed by atoms with E-state index in [2.05, 4.69) is 15.3 Å². The molecule has 1 rings (SSSR count). The number of anilines is 1. The number of nitrogens with zero attached hydrogens (tertiary/aromatic N) is 2. The predicted octanol–water partition coefficient (Wildman–Crippen LogP) is -0.238. The monoisotopic (exact) mass is 166 g/mol. The summed E-state index contributed by atoms with van der Waals surface area (Å²) in [5.74, 6) is -0.246. The van der Waals surface area contributed by atoms with Crippen molar-refractivity contribution < 1.29 is 4.79 Å². The lowest BCUT2D eigenvalue weighted by Gasteiger charge is -2.05. The lowest BCUT2D eigenvalue weighted by molar-refractivity contribution is -0.117. The van der Waals surface area contributed by atoms with E-state index < -0.39 is 6.04 Å². The van der Waals surface area contributed by atoms with E-state index in [4.69, 9.17) is 5.73 Å². The lowest BCUT2D eigenvalue weighted by Crippen LogP contribution is -2.32. The average molecular weight is 166 g/mol. The Morgan fingerprint density at radius 1 is 1.58 bits per heavy atom. The highest BCUT2D eigenvalue weighted by atomic mass is 16.2. The molecule has 1 aromatic heterocycles. The Morgan fingerprint density at radius 2 is 2.17 bits per heavy atom. The maximum Gasteiger partial charge on any atom is 0.241 e. The molecule has 0 radical (unpaired) electrons. The summed E-state index contributed by atoms with van der Waals surface area (Å²) >= 11 is 0. The maximum absolute atomic E-state index is 11.0. The molecule has 0 saturated carbocycles. The Hall–Kier alpha value is -1.49. The number of aromatic nitrogens is 2. The molecule has 0 aliphatic carbocycles. The van der Waals surface area contributed by atoms with Crippen LogP contribution in [0.25, 0.3) is 0 Å². The minimum Gasteiger partial charge on any atom is -0.322 e. The third-order valence-electron chi connectivity index (χ3n) is 1.24. The third kappa shape index (κ3) is 2.28. The summed E-state index contributed by atoms with van der Waals surface area (Å²) in [5.41, 5.74) is 5.89. The molecule has 0 saturated heterocycles. The van der Waals surface area contributed by atoms with Gasteiger partial charge in [0.05, 0.1) is 24.1 Å². The number of carbonyl (C=O) groups excluding carboxylic acids is 1. The Kier molecular flexibility index (Phi) is 2.71. The molecule has 1 atom stereocenters. The smallest absolute Gasteiger partial charge is 0.241 e. The number of nitrogens with one attached hydrogen (secondary N) is 1. The van der Waals surface area contributed by atoms with Gasteiger partial charge in [-0.25, -0.2) is 9.97 Å². The van der Waals surface area contributed by atoms with Crippen LogP contribution in [0.3, 0.4) is 0 Å². The molecule has 0 spiro atoms. The van der Waals surface area contributed by atoms with Crippen LogP contribution in [0.5, 0.6) is 0 Å². The number of hydrogen-bond acceptors (Lipinski definition) is 4. The van der Waals surface area contributed by atoms with Crippen LogP contribution in [0.4, 0.5) is 5.69 Å². The lowest BCUT2D eigenvalue weighted by atomic mass is 10.3. The maximum atomic E-state index is 11.0. The summed E-state index contributed by atoms with van der Waals surface area (Å²) in [6.45, 7) is 1.61. The molecular weight excluding hydrogens is 156 g/mol. The first-order valence-corrected chi connectivity index (χ1v) is 3.51. The molecule has 0 fully saturated rings. The zero-order valence-electron chi connectivity index (χ0n) is 6.69. The first kappa shape index (κ1) is 8.61. The Morgan fingerprint density at radius 3 is 2.67 bits per heavy atom. The fourth-order valence-corrected chi connectivity index (χ4v) is 0.620. The van der Waals surface area contributed by atoms with Gasteiger partial charge in [0, 0.05) is 0 Å². The molecule has 12 heavy (non-hydrogen) atoms. The minimum atomic E-state index is -0.523. The molecule has 5 nitrogen and oxygen atoms in total. The number of nitrogens with two attached hydrogens (primary N) is 1. The van der Waals surface area contributed by atoms with Crippen molar-refractivity contribution in [2.75, 3.05) is 5.32 Å². The van der Waals surface area contributed by atoms with E-state index >= 15 is 0 Å². The van der Waals surface area contributed by atoms with Gasteiger partial charge in [-0.1, -0.05) is 0 Å². The van der Waals surface area contributed by atoms with Gasteiger partial charge in [-0.15, -0.1) is 0 Å². The van der Waals surface area contributed by atoms with Gasteiger partial charge in [-0.3, -0.25) is 4.79 Å². The zero-order valence-corrected chi connectivity index (χ0v) is 6.69. The molecule has 1 heterocycles. The van der Waals surface area contributed by atoms with Crippen molar-refractivity contribution in [2.24, 2.45) is 5.73 Å². The highest BCUT2D eigenvalue weighted by Gasteiger charge is 2.06. The molecule has 3 N–H and O–H groups in total. The van der Waals surface area contributed by atoms with E-state index in [1.54, 1.807) is 6.92 Å². The molecule has 0 aliphatic heterocycles. The van der Waals surface area contributed by atoms with E-state index in [1.807, 2.05) is 0 Å². The van der Waals surface area contributed by atoms with Crippen molar-refractivity contribution in [2.45, 2.75) is 13.0 Å². The quantitative estimate of drug-likeness (QED) is 0.635. The number of amides is 1. The van der Waals surface area contributed by atoms with E-state index in [9.17, 15) is 4.79 Å². The fourth-order valence-electron chi connectivity index (χ4n) is 0.620. The van der Waals surface area contributed by atoms with E-state index in [0.29, 0.717) is 5.69 Å². The molecule has 0 aromatic carbocycles. The van der Waals surface area contributed by atoms with Gasteiger partial charge in [-0.05, 0) is 6.92 Å². The Balaban J connectivity index is 2.59. The number of hydrogen-bond donors (Lipinski definition) is 2. The second-order valence-corrected chi connectivity index (χ2v) is 2.41. The van der Waals surface area contributed by atoms with Crippen molar-refractivity contribution in [3.8, 4) is 0 Å². The summed E-state index contributed by atoms with van der Waals surface area (Å²) in [5, 5.41) is 2.55. The van der Waals surface area contributed by atoms with Crippen molar-refractivity contribution in [1.82, 2.24) is 9.97 Å². The second-order valence-electron chi connectivity index (χ2n) is 2.41. The summed E-state index contributed by atoms with van der Waals surface area (Å²) in [7, 11) is 0. The number of carbonyl (C=O) groups is 1. The van der Waals surface area contributed by atoms with Gasteiger partial charge in [0.1, 0.15) is 6.33 Å². The highest BCUT2D eigenvalue weighted by Crippen LogP contribution is 1.99. The van der Waals surface area contributed by atoms with Crippen LogP contribution in [0.15, 0.2) is 18.7 Å². The predicted molar refractivity (Wildman–Crippen MR) is 44.3 cm³/mol. The average Bonchev–Trinajstić information content (AvgIpc) is 2.06.